The van der Waals surface area contributed by atoms with Gasteiger partial charge in [0.15, 0.2) is 0 Å². The Morgan fingerprint density at radius 2 is 1.76 bits per heavy atom. The van der Waals surface area contributed by atoms with E-state index in [2.05, 4.69) is 24.3 Å². The van der Waals surface area contributed by atoms with Crippen molar-refractivity contribution in [1.29, 1.82) is 0 Å². The third-order valence-electron chi connectivity index (χ3n) is 5.27. The van der Waals surface area contributed by atoms with E-state index in [0.717, 1.165) is 32.0 Å². The van der Waals surface area contributed by atoms with Crippen molar-refractivity contribution < 1.29 is 9.84 Å². The van der Waals surface area contributed by atoms with Gasteiger partial charge >= 0.3 is 0 Å². The van der Waals surface area contributed by atoms with Gasteiger partial charge in [-0.25, -0.2) is 0 Å². The standard InChI is InChI=1S/C19H28O2/c20-19-11-7-16(8-12-19)4-3-15-5-9-17(10-6-15)18-2-1-13-21-14-18/h5-6,9-10,16,18-20H,1-4,7-8,11-14H2. The number of hydrogen-bond donors (Lipinski definition) is 1. The molecule has 1 saturated heterocycles. The van der Waals surface area contributed by atoms with Crippen LogP contribution in [-0.4, -0.2) is 24.4 Å². The minimum atomic E-state index is -0.0294. The first-order chi connectivity index (χ1) is 10.3. The predicted molar refractivity (Wildman–Crippen MR) is 85.5 cm³/mol. The summed E-state index contributed by atoms with van der Waals surface area (Å²) in [6, 6.07) is 9.22. The first-order valence-electron chi connectivity index (χ1n) is 8.66. The van der Waals surface area contributed by atoms with E-state index in [1.54, 1.807) is 0 Å². The molecule has 0 aromatic heterocycles. The van der Waals surface area contributed by atoms with Crippen molar-refractivity contribution in [3.63, 3.8) is 0 Å². The summed E-state index contributed by atoms with van der Waals surface area (Å²) in [7, 11) is 0. The summed E-state index contributed by atoms with van der Waals surface area (Å²) in [4.78, 5) is 0. The molecule has 2 aliphatic rings. The van der Waals surface area contributed by atoms with Crippen LogP contribution in [0.3, 0.4) is 0 Å². The van der Waals surface area contributed by atoms with Gasteiger partial charge in [-0.3, -0.25) is 0 Å². The van der Waals surface area contributed by atoms with Gasteiger partial charge in [-0.15, -0.1) is 0 Å². The molecule has 1 N–H and O–H groups in total. The average Bonchev–Trinajstić information content (AvgIpc) is 2.56. The van der Waals surface area contributed by atoms with Crippen LogP contribution in [0.25, 0.3) is 0 Å². The van der Waals surface area contributed by atoms with Gasteiger partial charge < -0.3 is 9.84 Å². The largest absolute Gasteiger partial charge is 0.393 e. The molecule has 1 heterocycles. The summed E-state index contributed by atoms with van der Waals surface area (Å²) in [6.07, 6.45) is 9.32. The third kappa shape index (κ3) is 4.31. The molecule has 0 radical (unpaired) electrons. The second-order valence-electron chi connectivity index (χ2n) is 6.87. The highest BCUT2D eigenvalue weighted by molar-refractivity contribution is 5.26. The van der Waals surface area contributed by atoms with Crippen LogP contribution in [0.15, 0.2) is 24.3 Å². The summed E-state index contributed by atoms with van der Waals surface area (Å²) < 4.78 is 5.58. The van der Waals surface area contributed by atoms with Gasteiger partial charge in [-0.1, -0.05) is 24.3 Å². The van der Waals surface area contributed by atoms with Crippen molar-refractivity contribution >= 4 is 0 Å². The number of aliphatic hydroxyl groups is 1. The molecular weight excluding hydrogens is 260 g/mol. The van der Waals surface area contributed by atoms with Crippen molar-refractivity contribution in [1.82, 2.24) is 0 Å². The van der Waals surface area contributed by atoms with Crippen molar-refractivity contribution in [3.05, 3.63) is 35.4 Å². The molecular formula is C19H28O2. The fourth-order valence-corrected chi connectivity index (χ4v) is 3.76. The molecule has 2 nitrogen and oxygen atoms in total. The molecule has 21 heavy (non-hydrogen) atoms. The Balaban J connectivity index is 1.48. The van der Waals surface area contributed by atoms with E-state index in [-0.39, 0.29) is 6.10 Å². The zero-order valence-corrected chi connectivity index (χ0v) is 13.0. The van der Waals surface area contributed by atoms with Crippen LogP contribution in [0.2, 0.25) is 0 Å². The normalized spacial score (nSPS) is 30.2. The summed E-state index contributed by atoms with van der Waals surface area (Å²) in [5.74, 6) is 1.42. The SMILES string of the molecule is OC1CCC(CCc2ccc(C3CCCOC3)cc2)CC1. The molecule has 1 aliphatic carbocycles. The van der Waals surface area contributed by atoms with Gasteiger partial charge in [0.2, 0.25) is 0 Å². The van der Waals surface area contributed by atoms with Crippen LogP contribution >= 0.6 is 0 Å². The molecule has 2 fully saturated rings. The van der Waals surface area contributed by atoms with Crippen LogP contribution in [0.4, 0.5) is 0 Å². The predicted octanol–water partition coefficient (Wildman–Crippen LogP) is 4.06. The van der Waals surface area contributed by atoms with E-state index in [1.165, 1.54) is 49.7 Å². The minimum absolute atomic E-state index is 0.0294. The van der Waals surface area contributed by atoms with Gasteiger partial charge in [-0.2, -0.15) is 0 Å². The number of benzene rings is 1. The Kier molecular flexibility index (Phi) is 5.32. The molecule has 1 atom stereocenters. The molecule has 0 spiro atoms. The Morgan fingerprint density at radius 1 is 1.00 bits per heavy atom. The second-order valence-corrected chi connectivity index (χ2v) is 6.87. The lowest BCUT2D eigenvalue weighted by Gasteiger charge is -2.25. The first kappa shape index (κ1) is 15.1. The van der Waals surface area contributed by atoms with Gasteiger partial charge in [0.1, 0.15) is 0 Å². The smallest absolute Gasteiger partial charge is 0.0540 e. The number of aryl methyl sites for hydroxylation is 1. The van der Waals surface area contributed by atoms with Gasteiger partial charge in [-0.05, 0) is 68.4 Å². The highest BCUT2D eigenvalue weighted by atomic mass is 16.5. The van der Waals surface area contributed by atoms with Crippen LogP contribution in [0.1, 0.15) is 62.0 Å². The van der Waals surface area contributed by atoms with E-state index in [9.17, 15) is 5.11 Å². The Bertz CT molecular complexity index is 412. The summed E-state index contributed by atoms with van der Waals surface area (Å²) in [5, 5.41) is 9.56. The maximum atomic E-state index is 9.56. The molecule has 2 heteroatoms. The van der Waals surface area contributed by atoms with E-state index in [4.69, 9.17) is 4.74 Å². The van der Waals surface area contributed by atoms with Crippen molar-refractivity contribution in [2.24, 2.45) is 5.92 Å². The van der Waals surface area contributed by atoms with Crippen LogP contribution in [-0.2, 0) is 11.2 Å². The third-order valence-corrected chi connectivity index (χ3v) is 5.27. The highest BCUT2D eigenvalue weighted by Crippen LogP contribution is 2.29. The molecule has 1 aliphatic heterocycles. The van der Waals surface area contributed by atoms with Gasteiger partial charge in [0, 0.05) is 12.5 Å². The van der Waals surface area contributed by atoms with Crippen molar-refractivity contribution in [2.45, 2.75) is 63.4 Å². The number of aliphatic hydroxyl groups excluding tert-OH is 1. The molecule has 1 unspecified atom stereocenters. The van der Waals surface area contributed by atoms with Crippen LogP contribution in [0.5, 0.6) is 0 Å². The average molecular weight is 288 g/mol. The topological polar surface area (TPSA) is 29.5 Å². The van der Waals surface area contributed by atoms with Gasteiger partial charge in [0.05, 0.1) is 12.7 Å². The summed E-state index contributed by atoms with van der Waals surface area (Å²) in [6.45, 7) is 1.83. The molecule has 116 valence electrons. The summed E-state index contributed by atoms with van der Waals surface area (Å²) >= 11 is 0. The minimum Gasteiger partial charge on any atom is -0.393 e. The van der Waals surface area contributed by atoms with Crippen LogP contribution in [0, 0.1) is 5.92 Å². The van der Waals surface area contributed by atoms with E-state index in [1.807, 2.05) is 0 Å². The Labute approximate surface area is 128 Å². The van der Waals surface area contributed by atoms with E-state index in [0.29, 0.717) is 5.92 Å². The quantitative estimate of drug-likeness (QED) is 0.905. The first-order valence-corrected chi connectivity index (χ1v) is 8.66. The number of hydrogen-bond acceptors (Lipinski definition) is 2. The van der Waals surface area contributed by atoms with Crippen molar-refractivity contribution in [3.8, 4) is 0 Å². The monoisotopic (exact) mass is 288 g/mol. The number of ether oxygens (including phenoxy) is 1. The molecule has 0 bridgehead atoms. The zero-order chi connectivity index (χ0) is 14.5. The molecule has 1 aromatic rings. The van der Waals surface area contributed by atoms with Gasteiger partial charge in [0.25, 0.3) is 0 Å². The Morgan fingerprint density at radius 3 is 2.43 bits per heavy atom. The molecule has 0 amide bonds. The zero-order valence-electron chi connectivity index (χ0n) is 13.0. The maximum Gasteiger partial charge on any atom is 0.0540 e. The van der Waals surface area contributed by atoms with E-state index < -0.39 is 0 Å². The highest BCUT2D eigenvalue weighted by Gasteiger charge is 2.19. The Hall–Kier alpha value is -0.860. The number of rotatable bonds is 4. The van der Waals surface area contributed by atoms with E-state index >= 15 is 0 Å². The molecule has 1 aromatic carbocycles. The maximum absolute atomic E-state index is 9.56. The lowest BCUT2D eigenvalue weighted by Crippen LogP contribution is -2.18. The fraction of sp³-hybridized carbons (Fsp3) is 0.684. The van der Waals surface area contributed by atoms with Crippen molar-refractivity contribution in [2.75, 3.05) is 13.2 Å². The lowest BCUT2D eigenvalue weighted by atomic mass is 9.83. The lowest BCUT2D eigenvalue weighted by molar-refractivity contribution is 0.0804. The summed E-state index contributed by atoms with van der Waals surface area (Å²) in [5.41, 5.74) is 2.90. The second kappa shape index (κ2) is 7.42. The fourth-order valence-electron chi connectivity index (χ4n) is 3.76. The molecule has 3 rings (SSSR count). The molecule has 1 saturated carbocycles. The van der Waals surface area contributed by atoms with Crippen LogP contribution < -0.4 is 0 Å².